The largest absolute Gasteiger partial charge is 0.454 e. The van der Waals surface area contributed by atoms with Crippen LogP contribution < -0.4 is 20.1 Å². The summed E-state index contributed by atoms with van der Waals surface area (Å²) < 4.78 is 48.2. The molecule has 1 aliphatic rings. The minimum Gasteiger partial charge on any atom is -0.454 e. The average Bonchev–Trinajstić information content (AvgIpc) is 3.23. The van der Waals surface area contributed by atoms with E-state index in [1.54, 1.807) is 7.05 Å². The number of nitrogens with zero attached hydrogens (tertiary/aromatic N) is 2. The van der Waals surface area contributed by atoms with Crippen LogP contribution in [0.5, 0.6) is 11.5 Å². The van der Waals surface area contributed by atoms with Crippen LogP contribution in [0.1, 0.15) is 16.3 Å². The lowest BCUT2D eigenvalue weighted by molar-refractivity contribution is -0.140. The van der Waals surface area contributed by atoms with E-state index in [-0.39, 0.29) is 13.3 Å². The summed E-state index contributed by atoms with van der Waals surface area (Å²) in [4.78, 5) is 7.60. The minimum absolute atomic E-state index is 0.154. The van der Waals surface area contributed by atoms with Crippen molar-refractivity contribution in [1.29, 1.82) is 0 Å². The lowest BCUT2D eigenvalue weighted by atomic mass is 10.2. The maximum atomic E-state index is 12.5. The molecule has 2 heterocycles. The molecule has 0 amide bonds. The SMILES string of the molecule is CN=C(NCc1ccc2c(c1)OCO2)NCc1nc(C(F)(F)F)cs1. The fraction of sp³-hybridized carbons (Fsp3) is 0.333. The molecule has 134 valence electrons. The molecule has 0 saturated heterocycles. The van der Waals surface area contributed by atoms with Gasteiger partial charge in [-0.2, -0.15) is 13.2 Å². The Labute approximate surface area is 145 Å². The number of fused-ring (bicyclic) bond motifs is 1. The molecule has 1 aliphatic heterocycles. The van der Waals surface area contributed by atoms with E-state index in [2.05, 4.69) is 20.6 Å². The van der Waals surface area contributed by atoms with E-state index in [1.165, 1.54) is 0 Å². The van der Waals surface area contributed by atoms with Gasteiger partial charge >= 0.3 is 6.18 Å². The van der Waals surface area contributed by atoms with Gasteiger partial charge in [-0.15, -0.1) is 11.3 Å². The minimum atomic E-state index is -4.42. The number of aromatic nitrogens is 1. The Morgan fingerprint density at radius 2 is 2.00 bits per heavy atom. The number of nitrogens with one attached hydrogen (secondary N) is 2. The summed E-state index contributed by atoms with van der Waals surface area (Å²) in [5, 5.41) is 7.35. The maximum absolute atomic E-state index is 12.5. The zero-order valence-corrected chi connectivity index (χ0v) is 14.0. The standard InChI is InChI=1S/C15H15F3N4O2S/c1-19-14(21-6-13-22-12(7-25-13)15(16,17)18)20-5-9-2-3-10-11(4-9)24-8-23-10/h2-4,7H,5-6,8H2,1H3,(H2,19,20,21). The number of aliphatic imine (C=N–C) groups is 1. The second-order valence-corrected chi connectivity index (χ2v) is 6.03. The second-order valence-electron chi connectivity index (χ2n) is 5.09. The summed E-state index contributed by atoms with van der Waals surface area (Å²) in [7, 11) is 1.58. The first-order valence-corrected chi connectivity index (χ1v) is 8.18. The van der Waals surface area contributed by atoms with Crippen molar-refractivity contribution in [2.45, 2.75) is 19.3 Å². The van der Waals surface area contributed by atoms with Gasteiger partial charge in [0.25, 0.3) is 0 Å². The van der Waals surface area contributed by atoms with Gasteiger partial charge in [-0.05, 0) is 17.7 Å². The molecule has 0 bridgehead atoms. The molecule has 0 fully saturated rings. The molecule has 0 saturated carbocycles. The summed E-state index contributed by atoms with van der Waals surface area (Å²) in [5.41, 5.74) is 0.0819. The number of halogens is 3. The van der Waals surface area contributed by atoms with Crippen molar-refractivity contribution in [3.05, 3.63) is 39.8 Å². The van der Waals surface area contributed by atoms with Crippen molar-refractivity contribution in [3.8, 4) is 11.5 Å². The van der Waals surface area contributed by atoms with Gasteiger partial charge in [0.2, 0.25) is 6.79 Å². The molecule has 3 rings (SSSR count). The van der Waals surface area contributed by atoms with Crippen molar-refractivity contribution in [2.24, 2.45) is 4.99 Å². The highest BCUT2D eigenvalue weighted by molar-refractivity contribution is 7.09. The average molecular weight is 372 g/mol. The van der Waals surface area contributed by atoms with Gasteiger partial charge in [0, 0.05) is 19.0 Å². The second kappa shape index (κ2) is 7.18. The van der Waals surface area contributed by atoms with E-state index in [9.17, 15) is 13.2 Å². The lowest BCUT2D eigenvalue weighted by Crippen LogP contribution is -2.36. The van der Waals surface area contributed by atoms with Crippen LogP contribution in [0.25, 0.3) is 0 Å². The number of hydrogen-bond donors (Lipinski definition) is 2. The Morgan fingerprint density at radius 1 is 1.24 bits per heavy atom. The number of rotatable bonds is 4. The number of guanidine groups is 1. The van der Waals surface area contributed by atoms with Gasteiger partial charge in [-0.25, -0.2) is 4.98 Å². The number of ether oxygens (including phenoxy) is 2. The molecule has 0 atom stereocenters. The Morgan fingerprint density at radius 3 is 2.72 bits per heavy atom. The van der Waals surface area contributed by atoms with Crippen LogP contribution >= 0.6 is 11.3 Å². The molecule has 0 spiro atoms. The zero-order chi connectivity index (χ0) is 17.9. The van der Waals surface area contributed by atoms with Crippen LogP contribution in [0.15, 0.2) is 28.6 Å². The van der Waals surface area contributed by atoms with E-state index < -0.39 is 11.9 Å². The van der Waals surface area contributed by atoms with Crippen LogP contribution in [-0.2, 0) is 19.3 Å². The first-order valence-electron chi connectivity index (χ1n) is 7.30. The van der Waals surface area contributed by atoms with Crippen LogP contribution in [0.2, 0.25) is 0 Å². The zero-order valence-electron chi connectivity index (χ0n) is 13.2. The van der Waals surface area contributed by atoms with Crippen LogP contribution in [0.4, 0.5) is 13.2 Å². The summed E-state index contributed by atoms with van der Waals surface area (Å²) in [5.74, 6) is 1.85. The summed E-state index contributed by atoms with van der Waals surface area (Å²) >= 11 is 0.950. The Kier molecular flexibility index (Phi) is 4.98. The van der Waals surface area contributed by atoms with Gasteiger partial charge in [0.15, 0.2) is 23.2 Å². The number of alkyl halides is 3. The topological polar surface area (TPSA) is 67.8 Å². The van der Waals surface area contributed by atoms with Crippen LogP contribution in [-0.4, -0.2) is 24.8 Å². The van der Waals surface area contributed by atoms with E-state index in [0.717, 1.165) is 22.3 Å². The fourth-order valence-electron chi connectivity index (χ4n) is 2.14. The van der Waals surface area contributed by atoms with Crippen molar-refractivity contribution in [3.63, 3.8) is 0 Å². The molecular weight excluding hydrogens is 357 g/mol. The molecule has 10 heteroatoms. The van der Waals surface area contributed by atoms with Gasteiger partial charge in [-0.1, -0.05) is 6.07 Å². The molecular formula is C15H15F3N4O2S. The van der Waals surface area contributed by atoms with Gasteiger partial charge in [-0.3, -0.25) is 4.99 Å². The molecule has 0 aliphatic carbocycles. The normalized spacial score (nSPS) is 13.8. The maximum Gasteiger partial charge on any atom is 0.434 e. The van der Waals surface area contributed by atoms with Gasteiger partial charge in [0.1, 0.15) is 5.01 Å². The highest BCUT2D eigenvalue weighted by Gasteiger charge is 2.33. The Balaban J connectivity index is 1.52. The third-order valence-electron chi connectivity index (χ3n) is 3.37. The van der Waals surface area contributed by atoms with Crippen molar-refractivity contribution in [2.75, 3.05) is 13.8 Å². The summed E-state index contributed by atoms with van der Waals surface area (Å²) in [6, 6.07) is 5.58. The van der Waals surface area contributed by atoms with Crippen LogP contribution in [0, 0.1) is 0 Å². The van der Waals surface area contributed by atoms with Crippen molar-refractivity contribution >= 4 is 17.3 Å². The molecule has 6 nitrogen and oxygen atoms in total. The Hall–Kier alpha value is -2.49. The molecule has 2 N–H and O–H groups in total. The first kappa shape index (κ1) is 17.3. The first-order chi connectivity index (χ1) is 12.0. The molecule has 0 unspecified atom stereocenters. The lowest BCUT2D eigenvalue weighted by Gasteiger charge is -2.11. The van der Waals surface area contributed by atoms with Crippen molar-refractivity contribution in [1.82, 2.24) is 15.6 Å². The predicted octanol–water partition coefficient (Wildman–Crippen LogP) is 2.76. The Bertz CT molecular complexity index is 776. The van der Waals surface area contributed by atoms with E-state index >= 15 is 0 Å². The number of benzene rings is 1. The highest BCUT2D eigenvalue weighted by atomic mass is 32.1. The van der Waals surface area contributed by atoms with Gasteiger partial charge < -0.3 is 20.1 Å². The third kappa shape index (κ3) is 4.32. The quantitative estimate of drug-likeness (QED) is 0.638. The molecule has 2 aromatic rings. The molecule has 25 heavy (non-hydrogen) atoms. The fourth-order valence-corrected chi connectivity index (χ4v) is 2.88. The van der Waals surface area contributed by atoms with E-state index in [1.807, 2.05) is 18.2 Å². The van der Waals surface area contributed by atoms with Crippen LogP contribution in [0.3, 0.4) is 0 Å². The number of thiazole rings is 1. The van der Waals surface area contributed by atoms with Gasteiger partial charge in [0.05, 0.1) is 6.54 Å². The number of hydrogen-bond acceptors (Lipinski definition) is 5. The molecule has 1 aromatic carbocycles. The van der Waals surface area contributed by atoms with E-state index in [0.29, 0.717) is 29.0 Å². The third-order valence-corrected chi connectivity index (χ3v) is 4.22. The predicted molar refractivity (Wildman–Crippen MR) is 86.7 cm³/mol. The summed E-state index contributed by atoms with van der Waals surface area (Å²) in [6.07, 6.45) is -4.42. The molecule has 1 aromatic heterocycles. The van der Waals surface area contributed by atoms with Crippen molar-refractivity contribution < 1.29 is 22.6 Å². The molecule has 0 radical (unpaired) electrons. The highest BCUT2D eigenvalue weighted by Crippen LogP contribution is 2.32. The van der Waals surface area contributed by atoms with E-state index in [4.69, 9.17) is 9.47 Å². The smallest absolute Gasteiger partial charge is 0.434 e. The summed E-state index contributed by atoms with van der Waals surface area (Å²) in [6.45, 7) is 0.840. The monoisotopic (exact) mass is 372 g/mol.